The first kappa shape index (κ1) is 6.18. The molecule has 0 aromatic carbocycles. The minimum atomic E-state index is -1.63. The molecule has 1 heterocycles. The highest BCUT2D eigenvalue weighted by molar-refractivity contribution is 6.56. The van der Waals surface area contributed by atoms with Crippen LogP contribution in [0.4, 0.5) is 0 Å². The zero-order valence-corrected chi connectivity index (χ0v) is 4.76. The largest absolute Gasteiger partial charge is 0.532 e. The lowest BCUT2D eigenvalue weighted by Crippen LogP contribution is -2.33. The number of nitrogens with zero attached hydrogens (tertiary/aromatic N) is 4. The Bertz CT molecular complexity index is 198. The topological polar surface area (TPSA) is 84.1 Å². The molecule has 0 unspecified atom stereocenters. The van der Waals surface area contributed by atoms with Crippen molar-refractivity contribution in [1.82, 2.24) is 20.2 Å². The van der Waals surface area contributed by atoms with Crippen molar-refractivity contribution in [3.8, 4) is 0 Å². The molecule has 7 heteroatoms. The molecular weight excluding hydrogens is 123 g/mol. The fourth-order valence-corrected chi connectivity index (χ4v) is 0.402. The standard InChI is InChI=1S/C2H5BN4O2/c1-7-5-2(3(8)9)4-6-7/h8-9H,1H3. The Kier molecular flexibility index (Phi) is 1.45. The molecule has 0 spiro atoms. The summed E-state index contributed by atoms with van der Waals surface area (Å²) in [5, 5.41) is 27.0. The summed E-state index contributed by atoms with van der Waals surface area (Å²) in [6, 6.07) is 0. The number of tetrazole rings is 1. The molecule has 0 fully saturated rings. The fourth-order valence-electron chi connectivity index (χ4n) is 0.402. The van der Waals surface area contributed by atoms with Gasteiger partial charge in [-0.2, -0.15) is 4.80 Å². The molecule has 1 aromatic rings. The van der Waals surface area contributed by atoms with Gasteiger partial charge in [-0.05, 0) is 5.21 Å². The van der Waals surface area contributed by atoms with Crippen LogP contribution in [0.5, 0.6) is 0 Å². The Balaban J connectivity index is 2.85. The van der Waals surface area contributed by atoms with Crippen molar-refractivity contribution in [3.63, 3.8) is 0 Å². The Labute approximate surface area is 51.3 Å². The lowest BCUT2D eigenvalue weighted by Gasteiger charge is -1.83. The van der Waals surface area contributed by atoms with Crippen molar-refractivity contribution in [1.29, 1.82) is 0 Å². The zero-order chi connectivity index (χ0) is 6.85. The third-order valence-corrected chi connectivity index (χ3v) is 0.755. The molecule has 0 atom stereocenters. The van der Waals surface area contributed by atoms with Crippen LogP contribution in [0.25, 0.3) is 0 Å². The van der Waals surface area contributed by atoms with E-state index in [4.69, 9.17) is 10.0 Å². The van der Waals surface area contributed by atoms with Gasteiger partial charge >= 0.3 is 7.12 Å². The monoisotopic (exact) mass is 128 g/mol. The van der Waals surface area contributed by atoms with Crippen LogP contribution < -0.4 is 5.72 Å². The van der Waals surface area contributed by atoms with Crippen LogP contribution in [0, 0.1) is 0 Å². The van der Waals surface area contributed by atoms with Crippen LogP contribution in [0.3, 0.4) is 0 Å². The Morgan fingerprint density at radius 3 is 2.44 bits per heavy atom. The number of aromatic nitrogens is 4. The average molecular weight is 128 g/mol. The van der Waals surface area contributed by atoms with E-state index in [1.807, 2.05) is 0 Å². The highest BCUT2D eigenvalue weighted by Crippen LogP contribution is 1.64. The minimum absolute atomic E-state index is 0.0856. The summed E-state index contributed by atoms with van der Waals surface area (Å²) in [6.07, 6.45) is 0. The summed E-state index contributed by atoms with van der Waals surface area (Å²) in [4.78, 5) is 1.15. The maximum Gasteiger partial charge on any atom is 0.532 e. The molecular formula is C2H5BN4O2. The average Bonchev–Trinajstić information content (AvgIpc) is 2.14. The molecule has 48 valence electrons. The first-order chi connectivity index (χ1) is 4.20. The van der Waals surface area contributed by atoms with Crippen LogP contribution >= 0.6 is 0 Å². The molecule has 0 saturated carbocycles. The van der Waals surface area contributed by atoms with Crippen molar-refractivity contribution >= 4 is 12.8 Å². The summed E-state index contributed by atoms with van der Waals surface area (Å²) in [5.41, 5.74) is -0.0856. The van der Waals surface area contributed by atoms with Crippen LogP contribution in [-0.2, 0) is 7.05 Å². The molecule has 1 rings (SSSR count). The number of aryl methyl sites for hydroxylation is 1. The third-order valence-electron chi connectivity index (χ3n) is 0.755. The van der Waals surface area contributed by atoms with Crippen LogP contribution in [-0.4, -0.2) is 37.4 Å². The van der Waals surface area contributed by atoms with Crippen LogP contribution in [0.1, 0.15) is 0 Å². The Morgan fingerprint density at radius 2 is 2.22 bits per heavy atom. The van der Waals surface area contributed by atoms with E-state index >= 15 is 0 Å². The van der Waals surface area contributed by atoms with Crippen LogP contribution in [0.2, 0.25) is 0 Å². The quantitative estimate of drug-likeness (QED) is 0.391. The second-order valence-corrected chi connectivity index (χ2v) is 1.51. The van der Waals surface area contributed by atoms with Gasteiger partial charge in [0.15, 0.2) is 0 Å². The molecule has 0 aliphatic rings. The number of hydrogen-bond donors (Lipinski definition) is 2. The predicted octanol–water partition coefficient (Wildman–Crippen LogP) is -3.11. The van der Waals surface area contributed by atoms with Gasteiger partial charge in [0.05, 0.1) is 7.05 Å². The molecule has 0 aliphatic heterocycles. The third kappa shape index (κ3) is 1.24. The summed E-state index contributed by atoms with van der Waals surface area (Å²) in [7, 11) is -0.0856. The van der Waals surface area contributed by atoms with Crippen molar-refractivity contribution in [2.24, 2.45) is 7.05 Å². The summed E-state index contributed by atoms with van der Waals surface area (Å²) in [6.45, 7) is 0. The smallest absolute Gasteiger partial charge is 0.421 e. The lowest BCUT2D eigenvalue weighted by molar-refractivity contribution is 0.422. The molecule has 9 heavy (non-hydrogen) atoms. The van der Waals surface area contributed by atoms with Crippen molar-refractivity contribution in [3.05, 3.63) is 0 Å². The van der Waals surface area contributed by atoms with Gasteiger partial charge in [0, 0.05) is 0 Å². The van der Waals surface area contributed by atoms with E-state index in [0.717, 1.165) is 4.80 Å². The zero-order valence-electron chi connectivity index (χ0n) is 4.76. The van der Waals surface area contributed by atoms with Gasteiger partial charge in [0.1, 0.15) is 0 Å². The van der Waals surface area contributed by atoms with Crippen molar-refractivity contribution in [2.45, 2.75) is 0 Å². The van der Waals surface area contributed by atoms with Gasteiger partial charge in [-0.25, -0.2) is 0 Å². The molecule has 6 nitrogen and oxygen atoms in total. The summed E-state index contributed by atoms with van der Waals surface area (Å²) in [5.74, 6) is 0. The second kappa shape index (κ2) is 2.12. The molecule has 0 saturated heterocycles. The van der Waals surface area contributed by atoms with Gasteiger partial charge in [0.25, 0.3) is 0 Å². The summed E-state index contributed by atoms with van der Waals surface area (Å²) >= 11 is 0. The maximum absolute atomic E-state index is 8.41. The van der Waals surface area contributed by atoms with E-state index in [0.29, 0.717) is 0 Å². The van der Waals surface area contributed by atoms with Gasteiger partial charge in [-0.15, -0.1) is 10.2 Å². The SMILES string of the molecule is Cn1nnc(B(O)O)n1. The highest BCUT2D eigenvalue weighted by atomic mass is 16.4. The first-order valence-corrected chi connectivity index (χ1v) is 2.30. The summed E-state index contributed by atoms with van der Waals surface area (Å²) < 4.78 is 0. The normalized spacial score (nSPS) is 9.67. The Hall–Kier alpha value is -0.945. The van der Waals surface area contributed by atoms with E-state index in [-0.39, 0.29) is 5.72 Å². The molecule has 0 bridgehead atoms. The van der Waals surface area contributed by atoms with E-state index < -0.39 is 7.12 Å². The second-order valence-electron chi connectivity index (χ2n) is 1.51. The van der Waals surface area contributed by atoms with Gasteiger partial charge in [-0.3, -0.25) is 0 Å². The number of hydrogen-bond acceptors (Lipinski definition) is 5. The van der Waals surface area contributed by atoms with E-state index in [9.17, 15) is 0 Å². The van der Waals surface area contributed by atoms with E-state index in [1.165, 1.54) is 0 Å². The van der Waals surface area contributed by atoms with Gasteiger partial charge in [-0.1, -0.05) is 0 Å². The van der Waals surface area contributed by atoms with Crippen molar-refractivity contribution in [2.75, 3.05) is 0 Å². The van der Waals surface area contributed by atoms with Gasteiger partial charge in [0.2, 0.25) is 5.72 Å². The molecule has 0 aliphatic carbocycles. The fraction of sp³-hybridized carbons (Fsp3) is 0.500. The van der Waals surface area contributed by atoms with Gasteiger partial charge < -0.3 is 10.0 Å². The van der Waals surface area contributed by atoms with E-state index in [2.05, 4.69) is 15.4 Å². The maximum atomic E-state index is 8.41. The molecule has 0 amide bonds. The molecule has 2 N–H and O–H groups in total. The molecule has 0 radical (unpaired) electrons. The lowest BCUT2D eigenvalue weighted by atomic mass is 9.92. The highest BCUT2D eigenvalue weighted by Gasteiger charge is 2.16. The Morgan fingerprint density at radius 1 is 1.56 bits per heavy atom. The minimum Gasteiger partial charge on any atom is -0.421 e. The first-order valence-electron chi connectivity index (χ1n) is 2.30. The van der Waals surface area contributed by atoms with E-state index in [1.54, 1.807) is 7.05 Å². The van der Waals surface area contributed by atoms with Crippen LogP contribution in [0.15, 0.2) is 0 Å². The van der Waals surface area contributed by atoms with Crippen molar-refractivity contribution < 1.29 is 10.0 Å². The predicted molar refractivity (Wildman–Crippen MR) is 28.6 cm³/mol. The molecule has 1 aromatic heterocycles. The number of rotatable bonds is 1.